The zero-order valence-corrected chi connectivity index (χ0v) is 18.4. The van der Waals surface area contributed by atoms with E-state index in [1.165, 1.54) is 5.56 Å². The van der Waals surface area contributed by atoms with Crippen molar-refractivity contribution in [3.63, 3.8) is 0 Å². The number of benzene rings is 1. The van der Waals surface area contributed by atoms with Crippen LogP contribution >= 0.6 is 0 Å². The molecule has 4 heterocycles. The lowest BCUT2D eigenvalue weighted by atomic mass is 9.95. The monoisotopic (exact) mass is 433 g/mol. The number of hydrogen-bond acceptors (Lipinski definition) is 5. The Bertz CT molecular complexity index is 1010. The zero-order chi connectivity index (χ0) is 21.8. The van der Waals surface area contributed by atoms with Crippen LogP contribution in [0.5, 0.6) is 0 Å². The first-order chi connectivity index (χ1) is 15.7. The largest absolute Gasteiger partial charge is 0.468 e. The van der Waals surface area contributed by atoms with Crippen molar-refractivity contribution in [2.75, 3.05) is 13.1 Å². The van der Waals surface area contributed by atoms with E-state index in [9.17, 15) is 4.79 Å². The molecule has 0 bridgehead atoms. The quantitative estimate of drug-likeness (QED) is 0.646. The summed E-state index contributed by atoms with van der Waals surface area (Å²) in [6.07, 6.45) is 7.03. The van der Waals surface area contributed by atoms with E-state index in [1.807, 2.05) is 18.2 Å². The molecule has 1 amide bonds. The summed E-state index contributed by atoms with van der Waals surface area (Å²) in [7, 11) is 0. The number of fused-ring (bicyclic) bond motifs is 1. The molecule has 7 heteroatoms. The third-order valence-electron chi connectivity index (χ3n) is 6.79. The molecular weight excluding hydrogens is 402 g/mol. The number of nitrogens with zero attached hydrogens (tertiary/aromatic N) is 4. The first-order valence-corrected chi connectivity index (χ1v) is 11.7. The van der Waals surface area contributed by atoms with Gasteiger partial charge in [0.2, 0.25) is 5.91 Å². The van der Waals surface area contributed by atoms with Gasteiger partial charge in [0.05, 0.1) is 12.8 Å². The van der Waals surface area contributed by atoms with Crippen LogP contribution in [0, 0.1) is 5.92 Å². The van der Waals surface area contributed by atoms with Crippen LogP contribution in [0.3, 0.4) is 0 Å². The SMILES string of the molecule is O=C(NC1CCc2nnc(Cc3ccccc3)n2CC1)C1CCN(Cc2ccco2)CC1. The summed E-state index contributed by atoms with van der Waals surface area (Å²) in [5, 5.41) is 12.2. The Morgan fingerprint density at radius 3 is 2.62 bits per heavy atom. The zero-order valence-electron chi connectivity index (χ0n) is 18.4. The lowest BCUT2D eigenvalue weighted by molar-refractivity contribution is -0.127. The summed E-state index contributed by atoms with van der Waals surface area (Å²) in [6, 6.07) is 14.5. The molecule has 1 saturated heterocycles. The van der Waals surface area contributed by atoms with Crippen molar-refractivity contribution in [2.24, 2.45) is 5.92 Å². The average molecular weight is 434 g/mol. The fourth-order valence-corrected chi connectivity index (χ4v) is 4.90. The number of likely N-dealkylation sites (tertiary alicyclic amines) is 1. The van der Waals surface area contributed by atoms with Crippen molar-refractivity contribution >= 4 is 5.91 Å². The van der Waals surface area contributed by atoms with Crippen molar-refractivity contribution < 1.29 is 9.21 Å². The molecular formula is C25H31N5O2. The molecule has 0 aliphatic carbocycles. The van der Waals surface area contributed by atoms with Crippen LogP contribution in [-0.4, -0.2) is 44.7 Å². The molecule has 1 fully saturated rings. The van der Waals surface area contributed by atoms with Crippen LogP contribution in [-0.2, 0) is 30.7 Å². The van der Waals surface area contributed by atoms with Gasteiger partial charge in [0.25, 0.3) is 0 Å². The van der Waals surface area contributed by atoms with Gasteiger partial charge in [0.15, 0.2) is 0 Å². The van der Waals surface area contributed by atoms with Crippen LogP contribution in [0.4, 0.5) is 0 Å². The number of hydrogen-bond donors (Lipinski definition) is 1. The summed E-state index contributed by atoms with van der Waals surface area (Å²) in [5.74, 6) is 3.37. The van der Waals surface area contributed by atoms with Gasteiger partial charge < -0.3 is 14.3 Å². The lowest BCUT2D eigenvalue weighted by Gasteiger charge is -2.31. The molecule has 3 aromatic rings. The van der Waals surface area contributed by atoms with Crippen molar-refractivity contribution in [2.45, 2.75) is 57.7 Å². The van der Waals surface area contributed by atoms with Gasteiger partial charge in [-0.3, -0.25) is 9.69 Å². The highest BCUT2D eigenvalue weighted by Crippen LogP contribution is 2.22. The summed E-state index contributed by atoms with van der Waals surface area (Å²) >= 11 is 0. The Balaban J connectivity index is 1.11. The number of amides is 1. The van der Waals surface area contributed by atoms with E-state index in [2.05, 4.69) is 49.2 Å². The molecule has 0 spiro atoms. The second-order valence-corrected chi connectivity index (χ2v) is 9.01. The van der Waals surface area contributed by atoms with E-state index in [1.54, 1.807) is 6.26 Å². The standard InChI is InChI=1S/C25H31N5O2/c31-25(20-10-13-29(14-11-20)18-22-7-4-16-32-22)26-21-8-9-23-27-28-24(30(23)15-12-21)17-19-5-2-1-3-6-19/h1-7,16,20-21H,8-15,17-18H2,(H,26,31). The summed E-state index contributed by atoms with van der Waals surface area (Å²) in [5.41, 5.74) is 1.25. The molecule has 5 rings (SSSR count). The van der Waals surface area contributed by atoms with E-state index >= 15 is 0 Å². The number of furan rings is 1. The second kappa shape index (κ2) is 9.69. The molecule has 2 aromatic heterocycles. The minimum Gasteiger partial charge on any atom is -0.468 e. The fraction of sp³-hybridized carbons (Fsp3) is 0.480. The van der Waals surface area contributed by atoms with Crippen LogP contribution in [0.2, 0.25) is 0 Å². The molecule has 168 valence electrons. The molecule has 32 heavy (non-hydrogen) atoms. The van der Waals surface area contributed by atoms with Gasteiger partial charge in [-0.25, -0.2) is 0 Å². The van der Waals surface area contributed by atoms with E-state index in [-0.39, 0.29) is 17.9 Å². The highest BCUT2D eigenvalue weighted by molar-refractivity contribution is 5.79. The van der Waals surface area contributed by atoms with Gasteiger partial charge in [0, 0.05) is 31.3 Å². The third-order valence-corrected chi connectivity index (χ3v) is 6.79. The summed E-state index contributed by atoms with van der Waals surface area (Å²) < 4.78 is 7.71. The van der Waals surface area contributed by atoms with E-state index < -0.39 is 0 Å². The Hall–Kier alpha value is -2.93. The van der Waals surface area contributed by atoms with E-state index in [4.69, 9.17) is 4.42 Å². The number of piperidine rings is 1. The molecule has 0 radical (unpaired) electrons. The first-order valence-electron chi connectivity index (χ1n) is 11.7. The molecule has 1 aromatic carbocycles. The number of carbonyl (C=O) groups excluding carboxylic acids is 1. The molecule has 2 aliphatic heterocycles. The van der Waals surface area contributed by atoms with E-state index in [0.29, 0.717) is 0 Å². The third kappa shape index (κ3) is 4.93. The maximum absolute atomic E-state index is 12.9. The Morgan fingerprint density at radius 2 is 1.84 bits per heavy atom. The molecule has 1 atom stereocenters. The smallest absolute Gasteiger partial charge is 0.223 e. The molecule has 7 nitrogen and oxygen atoms in total. The maximum atomic E-state index is 12.9. The topological polar surface area (TPSA) is 76.2 Å². The van der Waals surface area contributed by atoms with Gasteiger partial charge in [-0.1, -0.05) is 30.3 Å². The number of nitrogens with one attached hydrogen (secondary N) is 1. The second-order valence-electron chi connectivity index (χ2n) is 9.01. The highest BCUT2D eigenvalue weighted by atomic mass is 16.3. The lowest BCUT2D eigenvalue weighted by Crippen LogP contribution is -2.43. The van der Waals surface area contributed by atoms with Crippen molar-refractivity contribution in [1.29, 1.82) is 0 Å². The minimum absolute atomic E-state index is 0.110. The normalized spacial score (nSPS) is 19.9. The van der Waals surface area contributed by atoms with Crippen molar-refractivity contribution in [1.82, 2.24) is 25.0 Å². The number of aromatic nitrogens is 3. The van der Waals surface area contributed by atoms with Crippen LogP contribution in [0.25, 0.3) is 0 Å². The van der Waals surface area contributed by atoms with Gasteiger partial charge in [-0.05, 0) is 56.5 Å². The Labute approximate surface area is 188 Å². The Morgan fingerprint density at radius 1 is 1.00 bits per heavy atom. The molecule has 1 N–H and O–H groups in total. The first kappa shape index (κ1) is 20.9. The summed E-state index contributed by atoms with van der Waals surface area (Å²) in [4.78, 5) is 15.3. The van der Waals surface area contributed by atoms with Crippen LogP contribution in [0.1, 0.15) is 48.7 Å². The maximum Gasteiger partial charge on any atom is 0.223 e. The number of rotatable bonds is 6. The predicted octanol–water partition coefficient (Wildman–Crippen LogP) is 3.20. The van der Waals surface area contributed by atoms with Crippen molar-refractivity contribution in [3.05, 3.63) is 71.7 Å². The molecule has 0 saturated carbocycles. The van der Waals surface area contributed by atoms with E-state index in [0.717, 1.165) is 82.1 Å². The average Bonchev–Trinajstić information content (AvgIpc) is 3.42. The minimum atomic E-state index is 0.110. The van der Waals surface area contributed by atoms with Crippen molar-refractivity contribution in [3.8, 4) is 0 Å². The number of carbonyl (C=O) groups is 1. The summed E-state index contributed by atoms with van der Waals surface area (Å²) in [6.45, 7) is 3.56. The Kier molecular flexibility index (Phi) is 6.34. The molecule has 1 unspecified atom stereocenters. The van der Waals surface area contributed by atoms with Gasteiger partial charge in [-0.15, -0.1) is 10.2 Å². The van der Waals surface area contributed by atoms with Gasteiger partial charge >= 0.3 is 0 Å². The fourth-order valence-electron chi connectivity index (χ4n) is 4.90. The number of aryl methyl sites for hydroxylation is 1. The highest BCUT2D eigenvalue weighted by Gasteiger charge is 2.28. The predicted molar refractivity (Wildman–Crippen MR) is 121 cm³/mol. The molecule has 2 aliphatic rings. The van der Waals surface area contributed by atoms with Crippen LogP contribution < -0.4 is 5.32 Å². The van der Waals surface area contributed by atoms with Gasteiger partial charge in [-0.2, -0.15) is 0 Å². The van der Waals surface area contributed by atoms with Crippen LogP contribution in [0.15, 0.2) is 53.1 Å². The van der Waals surface area contributed by atoms with Gasteiger partial charge in [0.1, 0.15) is 17.4 Å².